The van der Waals surface area contributed by atoms with Crippen LogP contribution in [0.1, 0.15) is 5.56 Å². The first-order valence-electron chi connectivity index (χ1n) is 6.11. The molecule has 3 aromatic rings. The number of nitrogens with one attached hydrogen (secondary N) is 1. The molecule has 19 heavy (non-hydrogen) atoms. The first-order valence-corrected chi connectivity index (χ1v) is 6.49. The molecule has 0 aliphatic rings. The molecule has 1 heterocycles. The average molecular weight is 269 g/mol. The van der Waals surface area contributed by atoms with E-state index in [0.29, 0.717) is 0 Å². The smallest absolute Gasteiger partial charge is 0.0703 e. The quantitative estimate of drug-likeness (QED) is 0.712. The number of hydrogen-bond acceptors (Lipinski definition) is 2. The second-order valence-electron chi connectivity index (χ2n) is 4.45. The number of nitrogens with zero attached hydrogens (tertiary/aromatic N) is 1. The van der Waals surface area contributed by atoms with E-state index in [1.54, 1.807) is 6.20 Å². The highest BCUT2D eigenvalue weighted by molar-refractivity contribution is 6.31. The Bertz CT molecular complexity index is 738. The van der Waals surface area contributed by atoms with E-state index in [1.807, 2.05) is 43.3 Å². The zero-order valence-corrected chi connectivity index (χ0v) is 11.3. The van der Waals surface area contributed by atoms with Gasteiger partial charge in [-0.2, -0.15) is 0 Å². The molecule has 3 heteroatoms. The van der Waals surface area contributed by atoms with Crippen LogP contribution in [0, 0.1) is 6.92 Å². The van der Waals surface area contributed by atoms with Gasteiger partial charge < -0.3 is 5.32 Å². The maximum Gasteiger partial charge on any atom is 0.0703 e. The van der Waals surface area contributed by atoms with Gasteiger partial charge >= 0.3 is 0 Å². The van der Waals surface area contributed by atoms with E-state index in [2.05, 4.69) is 22.4 Å². The summed E-state index contributed by atoms with van der Waals surface area (Å²) < 4.78 is 0. The van der Waals surface area contributed by atoms with Crippen LogP contribution in [-0.2, 0) is 0 Å². The molecule has 2 nitrogen and oxygen atoms in total. The molecular weight excluding hydrogens is 256 g/mol. The lowest BCUT2D eigenvalue weighted by Gasteiger charge is -2.11. The monoisotopic (exact) mass is 268 g/mol. The summed E-state index contributed by atoms with van der Waals surface area (Å²) in [6.45, 7) is 2.01. The van der Waals surface area contributed by atoms with Crippen molar-refractivity contribution < 1.29 is 0 Å². The first kappa shape index (κ1) is 12.0. The molecule has 1 N–H and O–H groups in total. The minimum absolute atomic E-state index is 0.771. The maximum absolute atomic E-state index is 6.13. The van der Waals surface area contributed by atoms with Crippen LogP contribution in [0.5, 0.6) is 0 Å². The van der Waals surface area contributed by atoms with Crippen molar-refractivity contribution in [2.45, 2.75) is 6.92 Å². The second kappa shape index (κ2) is 4.90. The van der Waals surface area contributed by atoms with Gasteiger partial charge in [0, 0.05) is 28.0 Å². The number of rotatable bonds is 2. The predicted molar refractivity (Wildman–Crippen MR) is 81.2 cm³/mol. The number of hydrogen-bond donors (Lipinski definition) is 1. The fourth-order valence-corrected chi connectivity index (χ4v) is 2.23. The fraction of sp³-hybridized carbons (Fsp3) is 0.0625. The number of anilines is 2. The zero-order valence-electron chi connectivity index (χ0n) is 10.5. The Morgan fingerprint density at radius 1 is 1.05 bits per heavy atom. The van der Waals surface area contributed by atoms with Gasteiger partial charge in [-0.15, -0.1) is 0 Å². The van der Waals surface area contributed by atoms with Crippen LogP contribution in [0.2, 0.25) is 5.02 Å². The molecule has 0 bridgehead atoms. The third-order valence-electron chi connectivity index (χ3n) is 3.15. The third-order valence-corrected chi connectivity index (χ3v) is 3.56. The SMILES string of the molecule is Cc1c(Cl)cccc1Nc1ccc2ncccc2c1. The summed E-state index contributed by atoms with van der Waals surface area (Å²) in [5.41, 5.74) is 4.10. The van der Waals surface area contributed by atoms with E-state index in [9.17, 15) is 0 Å². The Hall–Kier alpha value is -2.06. The summed E-state index contributed by atoms with van der Waals surface area (Å²) in [6.07, 6.45) is 1.80. The summed E-state index contributed by atoms with van der Waals surface area (Å²) in [5.74, 6) is 0. The Balaban J connectivity index is 1.99. The van der Waals surface area contributed by atoms with Crippen molar-refractivity contribution in [1.82, 2.24) is 4.98 Å². The maximum atomic E-state index is 6.13. The van der Waals surface area contributed by atoms with Crippen molar-refractivity contribution >= 4 is 33.9 Å². The van der Waals surface area contributed by atoms with E-state index in [0.717, 1.165) is 32.9 Å². The largest absolute Gasteiger partial charge is 0.355 e. The molecule has 0 aliphatic heterocycles. The van der Waals surface area contributed by atoms with Crippen LogP contribution in [0.15, 0.2) is 54.7 Å². The molecule has 1 aromatic heterocycles. The van der Waals surface area contributed by atoms with E-state index in [-0.39, 0.29) is 0 Å². The summed E-state index contributed by atoms with van der Waals surface area (Å²) >= 11 is 6.13. The number of fused-ring (bicyclic) bond motifs is 1. The van der Waals surface area contributed by atoms with Gasteiger partial charge in [0.05, 0.1) is 5.52 Å². The standard InChI is InChI=1S/C16H13ClN2/c1-11-14(17)5-2-6-15(11)19-13-7-8-16-12(10-13)4-3-9-18-16/h2-10,19H,1H3. The van der Waals surface area contributed by atoms with Gasteiger partial charge in [-0.05, 0) is 48.9 Å². The lowest BCUT2D eigenvalue weighted by molar-refractivity contribution is 1.40. The molecule has 0 fully saturated rings. The van der Waals surface area contributed by atoms with Gasteiger partial charge in [0.15, 0.2) is 0 Å². The van der Waals surface area contributed by atoms with Gasteiger partial charge in [-0.25, -0.2) is 0 Å². The van der Waals surface area contributed by atoms with Gasteiger partial charge in [0.2, 0.25) is 0 Å². The number of benzene rings is 2. The first-order chi connectivity index (χ1) is 9.24. The number of halogens is 1. The van der Waals surface area contributed by atoms with Crippen molar-refractivity contribution in [3.05, 3.63) is 65.3 Å². The molecule has 2 aromatic carbocycles. The predicted octanol–water partition coefficient (Wildman–Crippen LogP) is 4.94. The Kier molecular flexibility index (Phi) is 3.10. The van der Waals surface area contributed by atoms with Crippen LogP contribution in [-0.4, -0.2) is 4.98 Å². The molecular formula is C16H13ClN2. The van der Waals surface area contributed by atoms with Gasteiger partial charge in [0.25, 0.3) is 0 Å². The average Bonchev–Trinajstić information content (AvgIpc) is 2.44. The van der Waals surface area contributed by atoms with Gasteiger partial charge in [-0.1, -0.05) is 23.7 Å². The van der Waals surface area contributed by atoms with Gasteiger partial charge in [0.1, 0.15) is 0 Å². The van der Waals surface area contributed by atoms with Crippen LogP contribution in [0.4, 0.5) is 11.4 Å². The highest BCUT2D eigenvalue weighted by Crippen LogP contribution is 2.27. The van der Waals surface area contributed by atoms with E-state index < -0.39 is 0 Å². The van der Waals surface area contributed by atoms with Gasteiger partial charge in [-0.3, -0.25) is 4.98 Å². The summed E-state index contributed by atoms with van der Waals surface area (Å²) in [4.78, 5) is 4.31. The molecule has 0 amide bonds. The number of pyridine rings is 1. The molecule has 0 unspecified atom stereocenters. The molecule has 0 spiro atoms. The topological polar surface area (TPSA) is 24.9 Å². The fourth-order valence-electron chi connectivity index (χ4n) is 2.05. The molecule has 0 atom stereocenters. The van der Waals surface area contributed by atoms with E-state index in [4.69, 9.17) is 11.6 Å². The minimum atomic E-state index is 0.771. The number of aromatic nitrogens is 1. The van der Waals surface area contributed by atoms with Crippen molar-refractivity contribution in [1.29, 1.82) is 0 Å². The lowest BCUT2D eigenvalue weighted by Crippen LogP contribution is -1.93. The Morgan fingerprint density at radius 2 is 1.95 bits per heavy atom. The van der Waals surface area contributed by atoms with Crippen molar-refractivity contribution in [3.8, 4) is 0 Å². The van der Waals surface area contributed by atoms with Crippen LogP contribution in [0.25, 0.3) is 10.9 Å². The van der Waals surface area contributed by atoms with Crippen LogP contribution < -0.4 is 5.32 Å². The Morgan fingerprint density at radius 3 is 2.84 bits per heavy atom. The lowest BCUT2D eigenvalue weighted by atomic mass is 10.1. The van der Waals surface area contributed by atoms with E-state index >= 15 is 0 Å². The van der Waals surface area contributed by atoms with E-state index in [1.165, 1.54) is 0 Å². The minimum Gasteiger partial charge on any atom is -0.355 e. The summed E-state index contributed by atoms with van der Waals surface area (Å²) in [7, 11) is 0. The normalized spacial score (nSPS) is 10.6. The highest BCUT2D eigenvalue weighted by atomic mass is 35.5. The highest BCUT2D eigenvalue weighted by Gasteiger charge is 2.03. The second-order valence-corrected chi connectivity index (χ2v) is 4.86. The molecule has 0 saturated carbocycles. The molecule has 94 valence electrons. The summed E-state index contributed by atoms with van der Waals surface area (Å²) in [6, 6.07) is 16.0. The molecule has 0 saturated heterocycles. The third kappa shape index (κ3) is 2.40. The molecule has 0 aliphatic carbocycles. The molecule has 3 rings (SSSR count). The van der Waals surface area contributed by atoms with Crippen molar-refractivity contribution in [2.75, 3.05) is 5.32 Å². The van der Waals surface area contributed by atoms with Crippen molar-refractivity contribution in [3.63, 3.8) is 0 Å². The zero-order chi connectivity index (χ0) is 13.2. The van der Waals surface area contributed by atoms with Crippen LogP contribution in [0.3, 0.4) is 0 Å². The summed E-state index contributed by atoms with van der Waals surface area (Å²) in [5, 5.41) is 5.28. The Labute approximate surface area is 117 Å². The molecule has 0 radical (unpaired) electrons. The van der Waals surface area contributed by atoms with Crippen molar-refractivity contribution in [2.24, 2.45) is 0 Å². The van der Waals surface area contributed by atoms with Crippen LogP contribution >= 0.6 is 11.6 Å².